The Morgan fingerprint density at radius 3 is 0.909 bits per heavy atom. The zero-order valence-corrected chi connectivity index (χ0v) is 10.9. The minimum absolute atomic E-state index is 1.62. The van der Waals surface area contributed by atoms with E-state index in [4.69, 9.17) is 0 Å². The summed E-state index contributed by atoms with van der Waals surface area (Å²) in [5.41, 5.74) is 0. The van der Waals surface area contributed by atoms with E-state index in [0.717, 1.165) is 0 Å². The van der Waals surface area contributed by atoms with Crippen molar-refractivity contribution in [2.75, 3.05) is 0 Å². The van der Waals surface area contributed by atoms with E-state index in [0.29, 0.717) is 0 Å². The van der Waals surface area contributed by atoms with Gasteiger partial charge in [-0.15, -0.1) is 0 Å². The summed E-state index contributed by atoms with van der Waals surface area (Å²) < 4.78 is 117. The molecule has 0 atom stereocenters. The Bertz CT molecular complexity index is 229. The Morgan fingerprint density at radius 1 is 0.636 bits per heavy atom. The third kappa shape index (κ3) is 451. The van der Waals surface area contributed by atoms with Crippen molar-refractivity contribution in [2.24, 2.45) is 0 Å². The van der Waals surface area contributed by atoms with Crippen LogP contribution >= 0.6 is 0 Å². The number of nitrogens with one attached hydrogen (secondary N) is 1. The molecule has 0 bridgehead atoms. The molecule has 0 radical (unpaired) electrons. The van der Waals surface area contributed by atoms with Crippen LogP contribution in [-0.2, 0) is 0 Å². The van der Waals surface area contributed by atoms with Crippen LogP contribution in [0.25, 0.3) is 0 Å². The fourth-order valence-electron chi connectivity index (χ4n) is 0.215. The summed E-state index contributed by atoms with van der Waals surface area (Å²) in [5.74, 6) is 0. The van der Waals surface area contributed by atoms with Crippen molar-refractivity contribution in [1.82, 2.24) is 9.97 Å². The number of nitrogens with zero attached hydrogens (tertiary/aromatic N) is 1. The molecule has 1 aromatic heterocycles. The molecule has 1 aromatic rings. The fraction of sp³-hybridized carbons (Fsp3) is 0.400. The third-order valence-electron chi connectivity index (χ3n) is 0.406. The molecule has 0 aliphatic carbocycles. The van der Waals surface area contributed by atoms with E-state index in [1.165, 1.54) is 0 Å². The van der Waals surface area contributed by atoms with Crippen LogP contribution in [0.5, 0.6) is 0 Å². The Hall–Kier alpha value is -1.44. The predicted molar refractivity (Wildman–Crippen MR) is 60.5 cm³/mol. The Morgan fingerprint density at radius 2 is 0.864 bits per heavy atom. The van der Waals surface area contributed by atoms with Crippen molar-refractivity contribution < 1.29 is 51.8 Å². The van der Waals surface area contributed by atoms with Gasteiger partial charge in [0, 0.05) is 12.4 Å². The van der Waals surface area contributed by atoms with Crippen molar-refractivity contribution >= 4 is 21.8 Å². The monoisotopic (exact) mass is 359 g/mol. The van der Waals surface area contributed by atoms with E-state index < -0.39 is 21.8 Å². The molecular weight excluding hydrogens is 348 g/mol. The summed E-state index contributed by atoms with van der Waals surface area (Å²) in [6, 6.07) is 0. The van der Waals surface area contributed by atoms with Gasteiger partial charge in [-0.25, -0.2) is 4.98 Å². The van der Waals surface area contributed by atoms with Crippen molar-refractivity contribution in [3.63, 3.8) is 0 Å². The molecule has 0 fully saturated rings. The number of rotatable bonds is 0. The van der Waals surface area contributed by atoms with Gasteiger partial charge in [0.15, 0.2) is 0 Å². The quantitative estimate of drug-likeness (QED) is 0.492. The van der Waals surface area contributed by atoms with Crippen molar-refractivity contribution in [3.05, 3.63) is 18.7 Å². The molecule has 0 amide bonds. The van der Waals surface area contributed by atoms with Crippen LogP contribution in [0, 0.1) is 0 Å². The lowest BCUT2D eigenvalue weighted by atomic mass is 10.3. The number of aromatic nitrogens is 2. The molecular formula is C5H10B3F12N2-3. The summed E-state index contributed by atoms with van der Waals surface area (Å²) in [7, 11) is -18.0. The molecule has 17 heteroatoms. The zero-order chi connectivity index (χ0) is 19.0. The minimum atomic E-state index is -6.00. The van der Waals surface area contributed by atoms with Gasteiger partial charge in [-0.1, -0.05) is 13.8 Å². The second-order valence-electron chi connectivity index (χ2n) is 2.25. The number of H-pyrrole nitrogens is 1. The highest BCUT2D eigenvalue weighted by Gasteiger charge is 2.21. The van der Waals surface area contributed by atoms with E-state index in [-0.39, 0.29) is 0 Å². The van der Waals surface area contributed by atoms with Gasteiger partial charge < -0.3 is 56.8 Å². The number of aromatic amines is 1. The zero-order valence-electron chi connectivity index (χ0n) is 10.9. The molecule has 136 valence electrons. The number of hydrogen-bond acceptors (Lipinski definition) is 1. The van der Waals surface area contributed by atoms with E-state index in [2.05, 4.69) is 9.97 Å². The van der Waals surface area contributed by atoms with Crippen LogP contribution in [0.3, 0.4) is 0 Å². The maximum atomic E-state index is 9.75. The average molecular weight is 359 g/mol. The molecule has 1 N–H and O–H groups in total. The molecule has 0 aromatic carbocycles. The smallest absolute Gasteiger partial charge is 0.418 e. The van der Waals surface area contributed by atoms with Crippen LogP contribution in [0.1, 0.15) is 13.8 Å². The predicted octanol–water partition coefficient (Wildman–Crippen LogP) is 5.34. The van der Waals surface area contributed by atoms with Crippen molar-refractivity contribution in [1.29, 1.82) is 0 Å². The first kappa shape index (κ1) is 28.7. The summed E-state index contributed by atoms with van der Waals surface area (Å²) in [6.07, 6.45) is 5.08. The largest absolute Gasteiger partial charge is 0.673 e. The lowest BCUT2D eigenvalue weighted by Gasteiger charge is -1.94. The van der Waals surface area contributed by atoms with Crippen LogP contribution in [0.4, 0.5) is 51.8 Å². The normalized spacial score (nSPS) is 10.3. The molecule has 0 aliphatic heterocycles. The van der Waals surface area contributed by atoms with Crippen LogP contribution < -0.4 is 0 Å². The first-order valence-electron chi connectivity index (χ1n) is 5.05. The van der Waals surface area contributed by atoms with Crippen molar-refractivity contribution in [3.8, 4) is 0 Å². The van der Waals surface area contributed by atoms with Gasteiger partial charge in [-0.3, -0.25) is 0 Å². The van der Waals surface area contributed by atoms with Crippen LogP contribution in [-0.4, -0.2) is 31.7 Å². The third-order valence-corrected chi connectivity index (χ3v) is 0.406. The lowest BCUT2D eigenvalue weighted by Crippen LogP contribution is -2.02. The van der Waals surface area contributed by atoms with E-state index in [1.807, 2.05) is 13.8 Å². The second-order valence-corrected chi connectivity index (χ2v) is 2.25. The molecule has 0 saturated carbocycles. The molecule has 0 saturated heterocycles. The van der Waals surface area contributed by atoms with Gasteiger partial charge in [-0.2, -0.15) is 0 Å². The van der Waals surface area contributed by atoms with E-state index >= 15 is 0 Å². The van der Waals surface area contributed by atoms with Gasteiger partial charge in [0.25, 0.3) is 0 Å². The molecule has 0 aliphatic rings. The lowest BCUT2D eigenvalue weighted by molar-refractivity contribution is 0.366. The number of halogens is 12. The standard InChI is InChI=1S/C3H4N2.C2H6.3BF4/c1-2-5-3-4-1;1-2;3*2-1(3,4)5/h1-3H,(H,4,5);1-2H3;;;/q;;3*-1. The first-order chi connectivity index (χ1) is 9.50. The highest BCUT2D eigenvalue weighted by Crippen LogP contribution is 2.07. The Balaban J connectivity index is -0.0000000945. The summed E-state index contributed by atoms with van der Waals surface area (Å²) in [5, 5.41) is 0. The number of hydrogen-bond donors (Lipinski definition) is 1. The average Bonchev–Trinajstić information content (AvgIpc) is 2.68. The summed E-state index contributed by atoms with van der Waals surface area (Å²) in [4.78, 5) is 6.42. The molecule has 0 unspecified atom stereocenters. The topological polar surface area (TPSA) is 28.7 Å². The highest BCUT2D eigenvalue weighted by molar-refractivity contribution is 6.50. The SMILES string of the molecule is CC.F[B-](F)(F)F.F[B-](F)(F)F.F[B-](F)(F)F.c1c[nH]cn1. The van der Waals surface area contributed by atoms with Gasteiger partial charge in [-0.05, 0) is 0 Å². The van der Waals surface area contributed by atoms with Crippen LogP contribution in [0.2, 0.25) is 0 Å². The molecule has 2 nitrogen and oxygen atoms in total. The Labute approximate surface area is 117 Å². The molecule has 1 rings (SSSR count). The number of imidazole rings is 1. The van der Waals surface area contributed by atoms with Gasteiger partial charge in [0.1, 0.15) is 0 Å². The second kappa shape index (κ2) is 14.5. The first-order valence-corrected chi connectivity index (χ1v) is 5.05. The molecule has 22 heavy (non-hydrogen) atoms. The maximum absolute atomic E-state index is 9.75. The van der Waals surface area contributed by atoms with Gasteiger partial charge in [0.05, 0.1) is 6.33 Å². The van der Waals surface area contributed by atoms with Crippen molar-refractivity contribution in [2.45, 2.75) is 13.8 Å². The summed E-state index contributed by atoms with van der Waals surface area (Å²) >= 11 is 0. The highest BCUT2D eigenvalue weighted by atomic mass is 19.5. The van der Waals surface area contributed by atoms with E-state index in [9.17, 15) is 51.8 Å². The van der Waals surface area contributed by atoms with Crippen LogP contribution in [0.15, 0.2) is 18.7 Å². The Kier molecular flexibility index (Phi) is 18.9. The fourth-order valence-corrected chi connectivity index (χ4v) is 0.215. The van der Waals surface area contributed by atoms with Gasteiger partial charge in [0.2, 0.25) is 0 Å². The maximum Gasteiger partial charge on any atom is 0.673 e. The van der Waals surface area contributed by atoms with E-state index in [1.54, 1.807) is 18.7 Å². The van der Waals surface area contributed by atoms with Gasteiger partial charge >= 0.3 is 21.8 Å². The molecule has 0 spiro atoms. The minimum Gasteiger partial charge on any atom is -0.418 e. The molecule has 1 heterocycles. The summed E-state index contributed by atoms with van der Waals surface area (Å²) in [6.45, 7) is 4.00.